The molecule has 0 radical (unpaired) electrons. The van der Waals surface area contributed by atoms with Crippen LogP contribution < -0.4 is 0 Å². The van der Waals surface area contributed by atoms with Crippen molar-refractivity contribution in [3.05, 3.63) is 46.0 Å². The summed E-state index contributed by atoms with van der Waals surface area (Å²) in [5, 5.41) is 0.573. The fourth-order valence-corrected chi connectivity index (χ4v) is 3.01. The Balaban J connectivity index is 2.48. The van der Waals surface area contributed by atoms with Crippen LogP contribution in [0, 0.1) is 33.5 Å². The van der Waals surface area contributed by atoms with Gasteiger partial charge in [-0.05, 0) is 69.6 Å². The largest absolute Gasteiger partial charge is 0.294 e. The molecule has 21 heavy (non-hydrogen) atoms. The van der Waals surface area contributed by atoms with Gasteiger partial charge in [-0.1, -0.05) is 0 Å². The fraction of sp³-hybridized carbons (Fsp3) is 0.312. The maximum atomic E-state index is 13.6. The third-order valence-electron chi connectivity index (χ3n) is 3.45. The molecule has 0 aliphatic rings. The van der Waals surface area contributed by atoms with Crippen LogP contribution in [-0.2, 0) is 0 Å². The molecule has 0 spiro atoms. The molecule has 3 nitrogen and oxygen atoms in total. The monoisotopic (exact) mass is 304 g/mol. The number of hydrogen-bond acceptors (Lipinski definition) is 4. The topological polar surface area (TPSA) is 42.9 Å². The first-order valence-electron chi connectivity index (χ1n) is 6.60. The summed E-state index contributed by atoms with van der Waals surface area (Å²) in [6, 6.07) is 2.96. The van der Waals surface area contributed by atoms with Crippen LogP contribution in [0.3, 0.4) is 0 Å². The van der Waals surface area contributed by atoms with Crippen molar-refractivity contribution in [2.75, 3.05) is 0 Å². The maximum Gasteiger partial charge on any atom is 0.192 e. The van der Waals surface area contributed by atoms with Crippen molar-refractivity contribution in [3.63, 3.8) is 0 Å². The third kappa shape index (κ3) is 3.29. The number of benzene rings is 1. The van der Waals surface area contributed by atoms with Crippen LogP contribution in [-0.4, -0.2) is 15.8 Å². The predicted octanol–water partition coefficient (Wildman–Crippen LogP) is 4.20. The summed E-state index contributed by atoms with van der Waals surface area (Å²) in [5.41, 5.74) is 3.74. The summed E-state index contributed by atoms with van der Waals surface area (Å²) in [4.78, 5) is 21.2. The number of aromatic nitrogens is 2. The van der Waals surface area contributed by atoms with Gasteiger partial charge in [-0.3, -0.25) is 4.79 Å². The second-order valence-corrected chi connectivity index (χ2v) is 6.07. The molecular weight excluding hydrogens is 287 g/mol. The van der Waals surface area contributed by atoms with Crippen molar-refractivity contribution in [1.29, 1.82) is 0 Å². The molecular formula is C16H17FN2OS. The van der Waals surface area contributed by atoms with Crippen molar-refractivity contribution < 1.29 is 9.18 Å². The van der Waals surface area contributed by atoms with Gasteiger partial charge >= 0.3 is 0 Å². The Morgan fingerprint density at radius 1 is 1.10 bits per heavy atom. The van der Waals surface area contributed by atoms with Gasteiger partial charge in [-0.2, -0.15) is 0 Å². The van der Waals surface area contributed by atoms with Gasteiger partial charge < -0.3 is 0 Å². The van der Waals surface area contributed by atoms with E-state index in [-0.39, 0.29) is 11.6 Å². The van der Waals surface area contributed by atoms with Crippen LogP contribution in [0.1, 0.15) is 39.8 Å². The molecule has 0 amide bonds. The highest BCUT2D eigenvalue weighted by Crippen LogP contribution is 2.31. The van der Waals surface area contributed by atoms with Crippen LogP contribution in [0.15, 0.2) is 22.2 Å². The summed E-state index contributed by atoms with van der Waals surface area (Å²) in [6.45, 7) is 8.93. The Labute approximate surface area is 128 Å². The molecule has 0 aliphatic heterocycles. The Kier molecular flexibility index (Phi) is 4.42. The molecule has 0 saturated carbocycles. The van der Waals surface area contributed by atoms with E-state index in [0.29, 0.717) is 21.2 Å². The molecule has 5 heteroatoms. The van der Waals surface area contributed by atoms with Gasteiger partial charge in [0.1, 0.15) is 5.82 Å². The first-order valence-corrected chi connectivity index (χ1v) is 7.42. The average Bonchev–Trinajstić information content (AvgIpc) is 2.39. The van der Waals surface area contributed by atoms with Crippen LogP contribution in [0.2, 0.25) is 0 Å². The number of halogens is 1. The SMILES string of the molecule is CC(=O)c1cc(F)c(C)cc1Sc1nc(C)c(C)c(C)n1. The fourth-order valence-electron chi connectivity index (χ4n) is 1.90. The van der Waals surface area contributed by atoms with Crippen molar-refractivity contribution in [2.24, 2.45) is 0 Å². The van der Waals surface area contributed by atoms with Gasteiger partial charge in [-0.15, -0.1) is 0 Å². The highest BCUT2D eigenvalue weighted by atomic mass is 32.2. The second-order valence-electron chi connectivity index (χ2n) is 5.06. The van der Waals surface area contributed by atoms with Gasteiger partial charge in [0.05, 0.1) is 0 Å². The van der Waals surface area contributed by atoms with Crippen molar-refractivity contribution in [3.8, 4) is 0 Å². The van der Waals surface area contributed by atoms with E-state index in [2.05, 4.69) is 9.97 Å². The van der Waals surface area contributed by atoms with E-state index in [1.54, 1.807) is 13.0 Å². The summed E-state index contributed by atoms with van der Waals surface area (Å²) in [5.74, 6) is -0.543. The van der Waals surface area contributed by atoms with Crippen molar-refractivity contribution >= 4 is 17.5 Å². The van der Waals surface area contributed by atoms with Gasteiger partial charge in [0, 0.05) is 21.8 Å². The minimum absolute atomic E-state index is 0.169. The molecule has 0 unspecified atom stereocenters. The zero-order valence-corrected chi connectivity index (χ0v) is 13.6. The standard InChI is InChI=1S/C16H17FN2OS/c1-8-6-15(13(12(5)20)7-14(8)17)21-16-18-10(3)9(2)11(4)19-16/h6-7H,1-5H3. The number of hydrogen-bond donors (Lipinski definition) is 0. The lowest BCUT2D eigenvalue weighted by atomic mass is 10.1. The molecule has 0 bridgehead atoms. The third-order valence-corrected chi connectivity index (χ3v) is 4.38. The lowest BCUT2D eigenvalue weighted by Gasteiger charge is -2.10. The van der Waals surface area contributed by atoms with Crippen LogP contribution in [0.5, 0.6) is 0 Å². The molecule has 2 aromatic rings. The lowest BCUT2D eigenvalue weighted by Crippen LogP contribution is -2.01. The van der Waals surface area contributed by atoms with Crippen LogP contribution >= 0.6 is 11.8 Å². The van der Waals surface area contributed by atoms with E-state index < -0.39 is 0 Å². The first kappa shape index (κ1) is 15.6. The quantitative estimate of drug-likeness (QED) is 0.629. The molecule has 2 rings (SSSR count). The van der Waals surface area contributed by atoms with Crippen LogP contribution in [0.25, 0.3) is 0 Å². The second kappa shape index (κ2) is 5.93. The normalized spacial score (nSPS) is 10.8. The minimum Gasteiger partial charge on any atom is -0.294 e. The molecule has 0 atom stereocenters. The molecule has 0 aliphatic carbocycles. The summed E-state index contributed by atoms with van der Waals surface area (Å²) in [6.07, 6.45) is 0. The molecule has 110 valence electrons. The van der Waals surface area contributed by atoms with Crippen LogP contribution in [0.4, 0.5) is 4.39 Å². The van der Waals surface area contributed by atoms with Gasteiger partial charge in [-0.25, -0.2) is 14.4 Å². The van der Waals surface area contributed by atoms with E-state index in [1.165, 1.54) is 24.8 Å². The van der Waals surface area contributed by atoms with Gasteiger partial charge in [0.25, 0.3) is 0 Å². The summed E-state index contributed by atoms with van der Waals surface area (Å²) < 4.78 is 13.6. The Morgan fingerprint density at radius 3 is 2.19 bits per heavy atom. The van der Waals surface area contributed by atoms with Gasteiger partial charge in [0.15, 0.2) is 10.9 Å². The highest BCUT2D eigenvalue weighted by molar-refractivity contribution is 7.99. The molecule has 1 aromatic heterocycles. The van der Waals surface area contributed by atoms with Crippen molar-refractivity contribution in [1.82, 2.24) is 9.97 Å². The Morgan fingerprint density at radius 2 is 1.67 bits per heavy atom. The average molecular weight is 304 g/mol. The summed E-state index contributed by atoms with van der Waals surface area (Å²) >= 11 is 1.29. The highest BCUT2D eigenvalue weighted by Gasteiger charge is 2.14. The zero-order chi connectivity index (χ0) is 15.7. The van der Waals surface area contributed by atoms with E-state index in [4.69, 9.17) is 0 Å². The van der Waals surface area contributed by atoms with E-state index >= 15 is 0 Å². The molecule has 0 N–H and O–H groups in total. The molecule has 1 heterocycles. The number of carbonyl (C=O) groups is 1. The predicted molar refractivity (Wildman–Crippen MR) is 81.5 cm³/mol. The number of aryl methyl sites for hydroxylation is 3. The van der Waals surface area contributed by atoms with Gasteiger partial charge in [0.2, 0.25) is 0 Å². The number of ketones is 1. The van der Waals surface area contributed by atoms with E-state index in [9.17, 15) is 9.18 Å². The first-order chi connectivity index (χ1) is 9.79. The number of nitrogens with zero attached hydrogens (tertiary/aromatic N) is 2. The summed E-state index contributed by atoms with van der Waals surface area (Å²) in [7, 11) is 0. The lowest BCUT2D eigenvalue weighted by molar-refractivity contribution is 0.101. The minimum atomic E-state index is -0.373. The van der Waals surface area contributed by atoms with E-state index in [1.807, 2.05) is 20.8 Å². The molecule has 1 aromatic carbocycles. The maximum absolute atomic E-state index is 13.6. The smallest absolute Gasteiger partial charge is 0.192 e. The van der Waals surface area contributed by atoms with E-state index in [0.717, 1.165) is 17.0 Å². The van der Waals surface area contributed by atoms with Crippen molar-refractivity contribution in [2.45, 2.75) is 44.7 Å². The molecule has 0 saturated heterocycles. The number of rotatable bonds is 3. The Hall–Kier alpha value is -1.75. The Bertz CT molecular complexity index is 705. The molecule has 0 fully saturated rings. The zero-order valence-electron chi connectivity index (χ0n) is 12.7. The number of Topliss-reactive ketones (excluding diaryl/α,β-unsaturated/α-hetero) is 1. The number of carbonyl (C=O) groups excluding carboxylic acids is 1.